The summed E-state index contributed by atoms with van der Waals surface area (Å²) in [6, 6.07) is 2.97. The van der Waals surface area contributed by atoms with Gasteiger partial charge < -0.3 is 10.1 Å². The summed E-state index contributed by atoms with van der Waals surface area (Å²) in [6.07, 6.45) is 2.29. The molecule has 1 fully saturated rings. The monoisotopic (exact) mass is 241 g/mol. The molecule has 1 aromatic rings. The van der Waals surface area contributed by atoms with E-state index < -0.39 is 11.6 Å². The largest absolute Gasteiger partial charge is 0.481 e. The predicted octanol–water partition coefficient (Wildman–Crippen LogP) is 1.87. The van der Waals surface area contributed by atoms with Crippen LogP contribution in [0.4, 0.5) is 8.78 Å². The standard InChI is InChI=1S/C12H13F2NO2/c13-9-3-4-11(10(14)5-9)17-7-12(16)15-6-8-1-2-8/h3-5,8H,1-2,6-7H2,(H,15,16). The quantitative estimate of drug-likeness (QED) is 0.854. The molecule has 0 aromatic heterocycles. The highest BCUT2D eigenvalue weighted by atomic mass is 19.1. The SMILES string of the molecule is O=C(COc1ccc(F)cc1F)NCC1CC1. The fourth-order valence-electron chi connectivity index (χ4n) is 1.37. The van der Waals surface area contributed by atoms with Gasteiger partial charge >= 0.3 is 0 Å². The Balaban J connectivity index is 1.77. The number of benzene rings is 1. The van der Waals surface area contributed by atoms with Gasteiger partial charge in [-0.1, -0.05) is 0 Å². The molecule has 1 aromatic carbocycles. The second kappa shape index (κ2) is 5.12. The van der Waals surface area contributed by atoms with E-state index in [1.54, 1.807) is 0 Å². The Morgan fingerprint density at radius 1 is 1.41 bits per heavy atom. The van der Waals surface area contributed by atoms with Crippen molar-refractivity contribution >= 4 is 5.91 Å². The fraction of sp³-hybridized carbons (Fsp3) is 0.417. The van der Waals surface area contributed by atoms with E-state index in [4.69, 9.17) is 4.74 Å². The number of hydrogen-bond acceptors (Lipinski definition) is 2. The van der Waals surface area contributed by atoms with Gasteiger partial charge in [0.1, 0.15) is 5.82 Å². The molecule has 0 heterocycles. The predicted molar refractivity (Wildman–Crippen MR) is 57.6 cm³/mol. The molecular formula is C12H13F2NO2. The van der Waals surface area contributed by atoms with E-state index in [1.807, 2.05) is 0 Å². The van der Waals surface area contributed by atoms with Gasteiger partial charge in [-0.15, -0.1) is 0 Å². The van der Waals surface area contributed by atoms with Crippen molar-refractivity contribution in [2.75, 3.05) is 13.2 Å². The summed E-state index contributed by atoms with van der Waals surface area (Å²) in [7, 11) is 0. The van der Waals surface area contributed by atoms with E-state index in [2.05, 4.69) is 5.32 Å². The zero-order chi connectivity index (χ0) is 12.3. The summed E-state index contributed by atoms with van der Waals surface area (Å²) < 4.78 is 30.7. The lowest BCUT2D eigenvalue weighted by Crippen LogP contribution is -2.30. The molecule has 1 amide bonds. The molecule has 17 heavy (non-hydrogen) atoms. The molecule has 2 rings (SSSR count). The first-order valence-electron chi connectivity index (χ1n) is 5.49. The van der Waals surface area contributed by atoms with Gasteiger partial charge in [0.05, 0.1) is 0 Å². The van der Waals surface area contributed by atoms with Crippen molar-refractivity contribution in [1.29, 1.82) is 0 Å². The molecule has 3 nitrogen and oxygen atoms in total. The molecular weight excluding hydrogens is 228 g/mol. The number of carbonyl (C=O) groups excluding carboxylic acids is 1. The maximum atomic E-state index is 13.1. The van der Waals surface area contributed by atoms with Crippen LogP contribution in [0.25, 0.3) is 0 Å². The number of hydrogen-bond donors (Lipinski definition) is 1. The maximum Gasteiger partial charge on any atom is 0.257 e. The van der Waals surface area contributed by atoms with Crippen LogP contribution in [-0.2, 0) is 4.79 Å². The van der Waals surface area contributed by atoms with E-state index in [1.165, 1.54) is 6.07 Å². The molecule has 0 saturated heterocycles. The van der Waals surface area contributed by atoms with Gasteiger partial charge in [0.2, 0.25) is 0 Å². The first-order chi connectivity index (χ1) is 8.15. The van der Waals surface area contributed by atoms with E-state index in [0.717, 1.165) is 25.0 Å². The molecule has 0 aliphatic heterocycles. The zero-order valence-electron chi connectivity index (χ0n) is 9.21. The van der Waals surface area contributed by atoms with Crippen LogP contribution in [-0.4, -0.2) is 19.1 Å². The number of ether oxygens (including phenoxy) is 1. The Labute approximate surface area is 97.8 Å². The van der Waals surface area contributed by atoms with Crippen LogP contribution < -0.4 is 10.1 Å². The summed E-state index contributed by atoms with van der Waals surface area (Å²) in [4.78, 5) is 11.3. The van der Waals surface area contributed by atoms with Crippen molar-refractivity contribution in [2.45, 2.75) is 12.8 Å². The van der Waals surface area contributed by atoms with E-state index in [9.17, 15) is 13.6 Å². The molecule has 0 atom stereocenters. The topological polar surface area (TPSA) is 38.3 Å². The third kappa shape index (κ3) is 3.69. The van der Waals surface area contributed by atoms with Crippen LogP contribution in [0.1, 0.15) is 12.8 Å². The van der Waals surface area contributed by atoms with Crippen molar-refractivity contribution < 1.29 is 18.3 Å². The minimum atomic E-state index is -0.806. The molecule has 0 unspecified atom stereocenters. The summed E-state index contributed by atoms with van der Waals surface area (Å²) in [5.41, 5.74) is 0. The van der Waals surface area contributed by atoms with Crippen LogP contribution in [0.3, 0.4) is 0 Å². The maximum absolute atomic E-state index is 13.1. The van der Waals surface area contributed by atoms with Gasteiger partial charge in [-0.25, -0.2) is 8.78 Å². The second-order valence-corrected chi connectivity index (χ2v) is 4.11. The highest BCUT2D eigenvalue weighted by Gasteiger charge is 2.21. The van der Waals surface area contributed by atoms with Crippen molar-refractivity contribution in [1.82, 2.24) is 5.32 Å². The summed E-state index contributed by atoms with van der Waals surface area (Å²) in [5.74, 6) is -1.30. The Bertz CT molecular complexity index is 419. The van der Waals surface area contributed by atoms with Gasteiger partial charge in [-0.2, -0.15) is 0 Å². The highest BCUT2D eigenvalue weighted by Crippen LogP contribution is 2.27. The first kappa shape index (κ1) is 11.8. The smallest absolute Gasteiger partial charge is 0.257 e. The lowest BCUT2D eigenvalue weighted by molar-refractivity contribution is -0.123. The third-order valence-electron chi connectivity index (χ3n) is 2.54. The average molecular weight is 241 g/mol. The van der Waals surface area contributed by atoms with Gasteiger partial charge in [0.25, 0.3) is 5.91 Å². The Morgan fingerprint density at radius 2 is 2.18 bits per heavy atom. The van der Waals surface area contributed by atoms with Crippen molar-refractivity contribution in [3.8, 4) is 5.75 Å². The van der Waals surface area contributed by atoms with E-state index >= 15 is 0 Å². The third-order valence-corrected chi connectivity index (χ3v) is 2.54. The molecule has 1 aliphatic rings. The molecule has 1 saturated carbocycles. The van der Waals surface area contributed by atoms with Crippen molar-refractivity contribution in [3.05, 3.63) is 29.8 Å². The van der Waals surface area contributed by atoms with Crippen LogP contribution in [0.2, 0.25) is 0 Å². The normalized spacial score (nSPS) is 14.5. The van der Waals surface area contributed by atoms with Crippen LogP contribution in [0, 0.1) is 17.6 Å². The number of halogens is 2. The first-order valence-corrected chi connectivity index (χ1v) is 5.49. The van der Waals surface area contributed by atoms with Crippen LogP contribution >= 0.6 is 0 Å². The van der Waals surface area contributed by atoms with Crippen molar-refractivity contribution in [2.24, 2.45) is 5.92 Å². The molecule has 92 valence electrons. The van der Waals surface area contributed by atoms with Crippen LogP contribution in [0.15, 0.2) is 18.2 Å². The lowest BCUT2D eigenvalue weighted by atomic mass is 10.3. The molecule has 5 heteroatoms. The van der Waals surface area contributed by atoms with Gasteiger partial charge in [-0.3, -0.25) is 4.79 Å². The summed E-state index contributed by atoms with van der Waals surface area (Å²) in [5, 5.41) is 2.69. The number of carbonyl (C=O) groups is 1. The van der Waals surface area contributed by atoms with E-state index in [0.29, 0.717) is 12.5 Å². The molecule has 0 spiro atoms. The zero-order valence-corrected chi connectivity index (χ0v) is 9.21. The average Bonchev–Trinajstić information content (AvgIpc) is 3.09. The van der Waals surface area contributed by atoms with Gasteiger partial charge in [0, 0.05) is 12.6 Å². The molecule has 0 radical (unpaired) electrons. The number of rotatable bonds is 5. The van der Waals surface area contributed by atoms with Gasteiger partial charge in [-0.05, 0) is 30.9 Å². The second-order valence-electron chi connectivity index (χ2n) is 4.11. The Hall–Kier alpha value is -1.65. The molecule has 0 bridgehead atoms. The fourth-order valence-corrected chi connectivity index (χ4v) is 1.37. The minimum Gasteiger partial charge on any atom is -0.481 e. The Kier molecular flexibility index (Phi) is 3.56. The van der Waals surface area contributed by atoms with Crippen LogP contribution in [0.5, 0.6) is 5.75 Å². The van der Waals surface area contributed by atoms with E-state index in [-0.39, 0.29) is 18.3 Å². The number of nitrogens with one attached hydrogen (secondary N) is 1. The van der Waals surface area contributed by atoms with Crippen molar-refractivity contribution in [3.63, 3.8) is 0 Å². The van der Waals surface area contributed by atoms with Gasteiger partial charge in [0.15, 0.2) is 18.2 Å². The molecule has 1 N–H and O–H groups in total. The molecule has 1 aliphatic carbocycles. The summed E-state index contributed by atoms with van der Waals surface area (Å²) >= 11 is 0. The number of amides is 1. The summed E-state index contributed by atoms with van der Waals surface area (Å²) in [6.45, 7) is 0.392. The highest BCUT2D eigenvalue weighted by molar-refractivity contribution is 5.77. The lowest BCUT2D eigenvalue weighted by Gasteiger charge is -2.07. The minimum absolute atomic E-state index is 0.118. The Morgan fingerprint density at radius 3 is 2.82 bits per heavy atom.